The molecule has 4 aromatic rings. The van der Waals surface area contributed by atoms with E-state index < -0.39 is 17.8 Å². The van der Waals surface area contributed by atoms with Crippen LogP contribution < -0.4 is 4.90 Å². The Morgan fingerprint density at radius 2 is 1.62 bits per heavy atom. The fourth-order valence-corrected chi connectivity index (χ4v) is 3.47. The quantitative estimate of drug-likeness (QED) is 0.525. The monoisotopic (exact) mass is 383 g/mol. The molecule has 0 unspecified atom stereocenters. The first-order valence-corrected chi connectivity index (χ1v) is 8.84. The highest BCUT2D eigenvalue weighted by Gasteiger charge is 2.37. The van der Waals surface area contributed by atoms with Crippen LogP contribution in [-0.4, -0.2) is 32.9 Å². The summed E-state index contributed by atoms with van der Waals surface area (Å²) >= 11 is 0. The Morgan fingerprint density at radius 3 is 2.34 bits per heavy atom. The molecule has 140 valence electrons. The molecule has 5 rings (SSSR count). The number of carbonyl (C=O) groups excluding carboxylic acids is 2. The van der Waals surface area contributed by atoms with Crippen molar-refractivity contribution in [2.75, 3.05) is 4.90 Å². The molecule has 7 nitrogen and oxygen atoms in total. The number of aromatic carboxylic acids is 1. The van der Waals surface area contributed by atoms with Crippen LogP contribution in [0.15, 0.2) is 66.7 Å². The lowest BCUT2D eigenvalue weighted by atomic mass is 10.1. The number of hydrogen-bond donors (Lipinski definition) is 2. The molecule has 0 saturated heterocycles. The van der Waals surface area contributed by atoms with Crippen molar-refractivity contribution in [1.29, 1.82) is 0 Å². The van der Waals surface area contributed by atoms with Gasteiger partial charge in [0.2, 0.25) is 0 Å². The van der Waals surface area contributed by atoms with Gasteiger partial charge < -0.3 is 10.1 Å². The molecule has 0 radical (unpaired) electrons. The number of aromatic nitrogens is 2. The van der Waals surface area contributed by atoms with Gasteiger partial charge in [0.25, 0.3) is 11.8 Å². The highest BCUT2D eigenvalue weighted by atomic mass is 16.4. The molecule has 1 aromatic heterocycles. The van der Waals surface area contributed by atoms with Crippen molar-refractivity contribution in [2.24, 2.45) is 0 Å². The Labute approximate surface area is 164 Å². The lowest BCUT2D eigenvalue weighted by Crippen LogP contribution is -2.29. The molecule has 2 N–H and O–H groups in total. The van der Waals surface area contributed by atoms with E-state index in [0.717, 1.165) is 21.5 Å². The molecule has 2 amide bonds. The van der Waals surface area contributed by atoms with Gasteiger partial charge in [-0.05, 0) is 54.6 Å². The van der Waals surface area contributed by atoms with Crippen molar-refractivity contribution in [3.63, 3.8) is 0 Å². The highest BCUT2D eigenvalue weighted by Crippen LogP contribution is 2.30. The number of fused-ring (bicyclic) bond motifs is 2. The van der Waals surface area contributed by atoms with Crippen LogP contribution in [0.2, 0.25) is 0 Å². The van der Waals surface area contributed by atoms with E-state index in [-0.39, 0.29) is 16.7 Å². The summed E-state index contributed by atoms with van der Waals surface area (Å²) in [6.07, 6.45) is 0. The van der Waals surface area contributed by atoms with Crippen LogP contribution in [0.25, 0.3) is 22.4 Å². The van der Waals surface area contributed by atoms with Gasteiger partial charge in [0, 0.05) is 5.56 Å². The molecule has 0 saturated carbocycles. The fraction of sp³-hybridized carbons (Fsp3) is 0. The average Bonchev–Trinajstić information content (AvgIpc) is 3.27. The lowest BCUT2D eigenvalue weighted by molar-refractivity contribution is 0.0696. The molecule has 7 heteroatoms. The number of aromatic amines is 1. The lowest BCUT2D eigenvalue weighted by Gasteiger charge is -2.14. The molecule has 2 heterocycles. The normalized spacial score (nSPS) is 13.2. The zero-order chi connectivity index (χ0) is 20.1. The number of nitrogens with zero attached hydrogens (tertiary/aromatic N) is 2. The second kappa shape index (κ2) is 6.13. The Hall–Kier alpha value is -4.26. The van der Waals surface area contributed by atoms with E-state index >= 15 is 0 Å². The van der Waals surface area contributed by atoms with Gasteiger partial charge in [-0.15, -0.1) is 0 Å². The Morgan fingerprint density at radius 1 is 0.897 bits per heavy atom. The predicted octanol–water partition coefficient (Wildman–Crippen LogP) is 3.73. The summed E-state index contributed by atoms with van der Waals surface area (Å²) in [4.78, 5) is 45.4. The number of imidazole rings is 1. The number of para-hydroxylation sites is 2. The van der Waals surface area contributed by atoms with E-state index in [1.54, 1.807) is 24.3 Å². The number of anilines is 1. The van der Waals surface area contributed by atoms with Crippen molar-refractivity contribution < 1.29 is 19.5 Å². The number of carbonyl (C=O) groups is 3. The van der Waals surface area contributed by atoms with Crippen LogP contribution in [0.5, 0.6) is 0 Å². The van der Waals surface area contributed by atoms with E-state index in [4.69, 9.17) is 5.11 Å². The van der Waals surface area contributed by atoms with E-state index in [0.29, 0.717) is 11.5 Å². The van der Waals surface area contributed by atoms with Gasteiger partial charge in [-0.2, -0.15) is 0 Å². The van der Waals surface area contributed by atoms with Crippen LogP contribution >= 0.6 is 0 Å². The summed E-state index contributed by atoms with van der Waals surface area (Å²) in [6.45, 7) is 0. The first kappa shape index (κ1) is 16.9. The molecule has 0 spiro atoms. The molecular formula is C22H13N3O4. The summed E-state index contributed by atoms with van der Waals surface area (Å²) in [5.74, 6) is -1.48. The summed E-state index contributed by atoms with van der Waals surface area (Å²) in [6, 6.07) is 18.5. The summed E-state index contributed by atoms with van der Waals surface area (Å²) in [5.41, 5.74) is 3.24. The molecule has 1 aliphatic rings. The van der Waals surface area contributed by atoms with Gasteiger partial charge in [0.1, 0.15) is 5.82 Å². The molecule has 0 bridgehead atoms. The van der Waals surface area contributed by atoms with Crippen LogP contribution in [0, 0.1) is 0 Å². The smallest absolute Gasteiger partial charge is 0.335 e. The number of rotatable bonds is 3. The molecule has 1 aliphatic heterocycles. The molecule has 0 atom stereocenters. The largest absolute Gasteiger partial charge is 0.478 e. The number of carboxylic acid groups (broad SMARTS) is 1. The Bertz CT molecular complexity index is 1290. The predicted molar refractivity (Wildman–Crippen MR) is 106 cm³/mol. The topological polar surface area (TPSA) is 103 Å². The second-order valence-corrected chi connectivity index (χ2v) is 6.66. The van der Waals surface area contributed by atoms with E-state index in [2.05, 4.69) is 9.97 Å². The number of H-pyrrole nitrogens is 1. The molecule has 0 fully saturated rings. The minimum Gasteiger partial charge on any atom is -0.478 e. The third-order valence-corrected chi connectivity index (χ3v) is 4.92. The van der Waals surface area contributed by atoms with Gasteiger partial charge >= 0.3 is 5.97 Å². The third-order valence-electron chi connectivity index (χ3n) is 4.92. The number of carboxylic acids is 1. The summed E-state index contributed by atoms with van der Waals surface area (Å²) in [7, 11) is 0. The Balaban J connectivity index is 1.49. The van der Waals surface area contributed by atoms with Crippen LogP contribution in [0.1, 0.15) is 31.1 Å². The zero-order valence-corrected chi connectivity index (χ0v) is 14.9. The SMILES string of the molecule is O=C(O)c1ccc2c(c1)C(=O)N(c1ccc(-c3nc4ccccc4[nH]3)cc1)C2=O. The number of amides is 2. The van der Waals surface area contributed by atoms with Crippen LogP contribution in [0.4, 0.5) is 5.69 Å². The maximum Gasteiger partial charge on any atom is 0.335 e. The van der Waals surface area contributed by atoms with E-state index in [1.165, 1.54) is 18.2 Å². The van der Waals surface area contributed by atoms with Crippen molar-refractivity contribution in [3.8, 4) is 11.4 Å². The van der Waals surface area contributed by atoms with Gasteiger partial charge in [-0.25, -0.2) is 14.7 Å². The van der Waals surface area contributed by atoms with Crippen molar-refractivity contribution in [2.45, 2.75) is 0 Å². The average molecular weight is 383 g/mol. The molecular weight excluding hydrogens is 370 g/mol. The maximum atomic E-state index is 12.7. The summed E-state index contributed by atoms with van der Waals surface area (Å²) < 4.78 is 0. The standard InChI is InChI=1S/C22H13N3O4/c26-20-15-10-7-13(22(28)29)11-16(15)21(27)25(20)14-8-5-12(6-9-14)19-23-17-3-1-2-4-18(17)24-19/h1-11H,(H,23,24)(H,28,29). The maximum absolute atomic E-state index is 12.7. The van der Waals surface area contributed by atoms with Gasteiger partial charge in [0.15, 0.2) is 0 Å². The van der Waals surface area contributed by atoms with Crippen LogP contribution in [0.3, 0.4) is 0 Å². The molecule has 29 heavy (non-hydrogen) atoms. The first-order chi connectivity index (χ1) is 14.0. The minimum atomic E-state index is -1.15. The fourth-order valence-electron chi connectivity index (χ4n) is 3.47. The van der Waals surface area contributed by atoms with Crippen molar-refractivity contribution >= 4 is 34.5 Å². The van der Waals surface area contributed by atoms with Gasteiger partial charge in [-0.1, -0.05) is 12.1 Å². The Kier molecular flexibility index (Phi) is 3.57. The number of imide groups is 1. The third kappa shape index (κ3) is 2.60. The number of hydrogen-bond acceptors (Lipinski definition) is 4. The van der Waals surface area contributed by atoms with Crippen molar-refractivity contribution in [3.05, 3.63) is 83.4 Å². The number of benzene rings is 3. The highest BCUT2D eigenvalue weighted by molar-refractivity contribution is 6.34. The van der Waals surface area contributed by atoms with Gasteiger partial charge in [-0.3, -0.25) is 9.59 Å². The summed E-state index contributed by atoms with van der Waals surface area (Å²) in [5, 5.41) is 9.12. The molecule has 3 aromatic carbocycles. The van der Waals surface area contributed by atoms with Gasteiger partial charge in [0.05, 0.1) is 33.4 Å². The number of nitrogens with one attached hydrogen (secondary N) is 1. The van der Waals surface area contributed by atoms with Crippen LogP contribution in [-0.2, 0) is 0 Å². The minimum absolute atomic E-state index is 0.0352. The van der Waals surface area contributed by atoms with Crippen molar-refractivity contribution in [1.82, 2.24) is 9.97 Å². The second-order valence-electron chi connectivity index (χ2n) is 6.66. The van der Waals surface area contributed by atoms with E-state index in [1.807, 2.05) is 24.3 Å². The molecule has 0 aliphatic carbocycles. The first-order valence-electron chi connectivity index (χ1n) is 8.84. The van der Waals surface area contributed by atoms with E-state index in [9.17, 15) is 14.4 Å². The zero-order valence-electron chi connectivity index (χ0n) is 14.9.